The van der Waals surface area contributed by atoms with Crippen molar-refractivity contribution >= 4 is 0 Å². The van der Waals surface area contributed by atoms with Crippen molar-refractivity contribution in [2.75, 3.05) is 7.11 Å². The molecular formula is C17H15FN2O3. The summed E-state index contributed by atoms with van der Waals surface area (Å²) in [6, 6.07) is 11.9. The van der Waals surface area contributed by atoms with Crippen LogP contribution in [0, 0.1) is 12.7 Å². The van der Waals surface area contributed by atoms with E-state index in [1.54, 1.807) is 31.4 Å². The third-order valence-electron chi connectivity index (χ3n) is 3.25. The minimum Gasteiger partial charge on any atom is -0.497 e. The Labute approximate surface area is 132 Å². The van der Waals surface area contributed by atoms with Crippen molar-refractivity contribution in [1.29, 1.82) is 0 Å². The van der Waals surface area contributed by atoms with Gasteiger partial charge in [0.05, 0.1) is 7.11 Å². The molecule has 3 aromatic rings. The van der Waals surface area contributed by atoms with E-state index in [9.17, 15) is 4.39 Å². The standard InChI is InChI=1S/C17H15FN2O3/c1-11-3-8-14(18)15(9-11)22-10-16-19-17(23-20-16)12-4-6-13(21-2)7-5-12/h3-9H,10H2,1-2H3. The Kier molecular flexibility index (Phi) is 4.23. The molecule has 0 unspecified atom stereocenters. The van der Waals surface area contributed by atoms with Crippen LogP contribution < -0.4 is 9.47 Å². The van der Waals surface area contributed by atoms with Gasteiger partial charge in [0, 0.05) is 5.56 Å². The molecule has 0 spiro atoms. The van der Waals surface area contributed by atoms with Crippen LogP contribution in [-0.4, -0.2) is 17.3 Å². The molecule has 0 saturated carbocycles. The monoisotopic (exact) mass is 314 g/mol. The fourth-order valence-electron chi connectivity index (χ4n) is 2.03. The molecule has 0 radical (unpaired) electrons. The molecule has 0 atom stereocenters. The van der Waals surface area contributed by atoms with Gasteiger partial charge in [-0.15, -0.1) is 0 Å². The highest BCUT2D eigenvalue weighted by Gasteiger charge is 2.11. The maximum absolute atomic E-state index is 13.6. The van der Waals surface area contributed by atoms with Crippen LogP contribution in [-0.2, 0) is 6.61 Å². The first kappa shape index (κ1) is 15.0. The molecule has 6 heteroatoms. The highest BCUT2D eigenvalue weighted by molar-refractivity contribution is 5.54. The number of methoxy groups -OCH3 is 1. The molecule has 0 fully saturated rings. The quantitative estimate of drug-likeness (QED) is 0.717. The summed E-state index contributed by atoms with van der Waals surface area (Å²) in [5.74, 6) is 1.20. The third kappa shape index (κ3) is 3.48. The predicted octanol–water partition coefficient (Wildman–Crippen LogP) is 3.77. The van der Waals surface area contributed by atoms with Gasteiger partial charge in [-0.2, -0.15) is 4.98 Å². The van der Waals surface area contributed by atoms with E-state index >= 15 is 0 Å². The number of hydrogen-bond acceptors (Lipinski definition) is 5. The fraction of sp³-hybridized carbons (Fsp3) is 0.176. The summed E-state index contributed by atoms with van der Waals surface area (Å²) in [6.45, 7) is 1.89. The van der Waals surface area contributed by atoms with Crippen molar-refractivity contribution < 1.29 is 18.4 Å². The van der Waals surface area contributed by atoms with Crippen molar-refractivity contribution in [3.63, 3.8) is 0 Å². The molecule has 2 aromatic carbocycles. The molecule has 1 heterocycles. The molecule has 118 valence electrons. The van der Waals surface area contributed by atoms with Crippen molar-refractivity contribution in [2.45, 2.75) is 13.5 Å². The van der Waals surface area contributed by atoms with Gasteiger partial charge in [-0.1, -0.05) is 11.2 Å². The molecule has 0 aliphatic carbocycles. The highest BCUT2D eigenvalue weighted by atomic mass is 19.1. The number of rotatable bonds is 5. The molecule has 0 aliphatic heterocycles. The SMILES string of the molecule is COc1ccc(-c2nc(COc3cc(C)ccc3F)no2)cc1. The maximum atomic E-state index is 13.6. The van der Waals surface area contributed by atoms with Gasteiger partial charge < -0.3 is 14.0 Å². The van der Waals surface area contributed by atoms with E-state index in [2.05, 4.69) is 10.1 Å². The molecule has 3 rings (SSSR count). The van der Waals surface area contributed by atoms with E-state index in [1.807, 2.05) is 19.1 Å². The van der Waals surface area contributed by atoms with Crippen LogP contribution >= 0.6 is 0 Å². The van der Waals surface area contributed by atoms with Crippen LogP contribution in [0.1, 0.15) is 11.4 Å². The lowest BCUT2D eigenvalue weighted by atomic mass is 10.2. The Morgan fingerprint density at radius 3 is 2.65 bits per heavy atom. The summed E-state index contributed by atoms with van der Waals surface area (Å²) in [7, 11) is 1.60. The van der Waals surface area contributed by atoms with Crippen molar-refractivity contribution in [3.8, 4) is 23.0 Å². The van der Waals surface area contributed by atoms with Gasteiger partial charge in [0.2, 0.25) is 5.82 Å². The average Bonchev–Trinajstić information content (AvgIpc) is 3.05. The lowest BCUT2D eigenvalue weighted by Gasteiger charge is -2.05. The number of halogens is 1. The largest absolute Gasteiger partial charge is 0.497 e. The van der Waals surface area contributed by atoms with E-state index in [0.29, 0.717) is 11.7 Å². The second-order valence-electron chi connectivity index (χ2n) is 4.97. The van der Waals surface area contributed by atoms with Gasteiger partial charge in [0.1, 0.15) is 5.75 Å². The normalized spacial score (nSPS) is 10.6. The fourth-order valence-corrected chi connectivity index (χ4v) is 2.03. The van der Waals surface area contributed by atoms with E-state index in [1.165, 1.54) is 6.07 Å². The predicted molar refractivity (Wildman–Crippen MR) is 81.8 cm³/mol. The second-order valence-corrected chi connectivity index (χ2v) is 4.97. The molecule has 23 heavy (non-hydrogen) atoms. The number of aromatic nitrogens is 2. The van der Waals surface area contributed by atoms with Gasteiger partial charge in [0.15, 0.2) is 18.2 Å². The van der Waals surface area contributed by atoms with Crippen molar-refractivity contribution in [3.05, 3.63) is 59.7 Å². The number of aryl methyl sites for hydroxylation is 1. The average molecular weight is 314 g/mol. The van der Waals surface area contributed by atoms with Gasteiger partial charge >= 0.3 is 0 Å². The first-order valence-corrected chi connectivity index (χ1v) is 7.01. The summed E-state index contributed by atoms with van der Waals surface area (Å²) >= 11 is 0. The van der Waals surface area contributed by atoms with E-state index < -0.39 is 5.82 Å². The molecule has 0 bridgehead atoms. The Balaban J connectivity index is 1.70. The summed E-state index contributed by atoms with van der Waals surface area (Å²) in [5, 5.41) is 3.84. The Bertz CT molecular complexity index is 800. The minimum atomic E-state index is -0.422. The topological polar surface area (TPSA) is 57.4 Å². The number of nitrogens with zero attached hydrogens (tertiary/aromatic N) is 2. The smallest absolute Gasteiger partial charge is 0.258 e. The molecule has 0 aliphatic rings. The van der Waals surface area contributed by atoms with Gasteiger partial charge in [0.25, 0.3) is 5.89 Å². The maximum Gasteiger partial charge on any atom is 0.258 e. The van der Waals surface area contributed by atoms with Crippen LogP contribution in [0.15, 0.2) is 47.0 Å². The van der Waals surface area contributed by atoms with Gasteiger partial charge in [-0.25, -0.2) is 4.39 Å². The Morgan fingerprint density at radius 2 is 1.91 bits per heavy atom. The molecular weight excluding hydrogens is 299 g/mol. The Morgan fingerprint density at radius 1 is 1.13 bits per heavy atom. The summed E-state index contributed by atoms with van der Waals surface area (Å²) in [6.07, 6.45) is 0. The number of ether oxygens (including phenoxy) is 2. The lowest BCUT2D eigenvalue weighted by molar-refractivity contribution is 0.273. The minimum absolute atomic E-state index is 0.0278. The molecule has 0 amide bonds. The molecule has 5 nitrogen and oxygen atoms in total. The van der Waals surface area contributed by atoms with Crippen LogP contribution in [0.25, 0.3) is 11.5 Å². The van der Waals surface area contributed by atoms with Crippen LogP contribution in [0.4, 0.5) is 4.39 Å². The number of hydrogen-bond donors (Lipinski definition) is 0. The molecule has 0 N–H and O–H groups in total. The van der Waals surface area contributed by atoms with Gasteiger partial charge in [-0.3, -0.25) is 0 Å². The van der Waals surface area contributed by atoms with Crippen molar-refractivity contribution in [1.82, 2.24) is 10.1 Å². The lowest BCUT2D eigenvalue weighted by Crippen LogP contribution is -1.99. The summed E-state index contributed by atoms with van der Waals surface area (Å²) in [4.78, 5) is 4.24. The van der Waals surface area contributed by atoms with Crippen LogP contribution in [0.5, 0.6) is 11.5 Å². The molecule has 1 aromatic heterocycles. The first-order chi connectivity index (χ1) is 11.2. The zero-order valence-corrected chi connectivity index (χ0v) is 12.7. The summed E-state index contributed by atoms with van der Waals surface area (Å²) in [5.41, 5.74) is 1.68. The Hall–Kier alpha value is -2.89. The zero-order valence-electron chi connectivity index (χ0n) is 12.7. The van der Waals surface area contributed by atoms with Gasteiger partial charge in [-0.05, 0) is 48.9 Å². The summed E-state index contributed by atoms with van der Waals surface area (Å²) < 4.78 is 29.3. The third-order valence-corrected chi connectivity index (χ3v) is 3.25. The van der Waals surface area contributed by atoms with Crippen molar-refractivity contribution in [2.24, 2.45) is 0 Å². The van der Waals surface area contributed by atoms with E-state index in [-0.39, 0.29) is 12.4 Å². The van der Waals surface area contributed by atoms with Crippen LogP contribution in [0.2, 0.25) is 0 Å². The van der Waals surface area contributed by atoms with E-state index in [0.717, 1.165) is 16.9 Å². The van der Waals surface area contributed by atoms with E-state index in [4.69, 9.17) is 14.0 Å². The van der Waals surface area contributed by atoms with Crippen LogP contribution in [0.3, 0.4) is 0 Å². The number of benzene rings is 2. The zero-order chi connectivity index (χ0) is 16.2. The first-order valence-electron chi connectivity index (χ1n) is 7.01. The highest BCUT2D eigenvalue weighted by Crippen LogP contribution is 2.22. The molecule has 0 saturated heterocycles. The second kappa shape index (κ2) is 6.48.